The first-order valence-corrected chi connectivity index (χ1v) is 6.87. The van der Waals surface area contributed by atoms with Crippen LogP contribution in [-0.4, -0.2) is 11.0 Å². The summed E-state index contributed by atoms with van der Waals surface area (Å²) in [5.74, 6) is 1.08. The van der Waals surface area contributed by atoms with E-state index in [-0.39, 0.29) is 5.82 Å². The molecule has 0 aliphatic rings. The topological polar surface area (TPSA) is 29.5 Å². The van der Waals surface area contributed by atoms with Gasteiger partial charge in [-0.2, -0.15) is 0 Å². The Morgan fingerprint density at radius 3 is 2.45 bits per heavy atom. The predicted molar refractivity (Wildman–Crippen MR) is 77.8 cm³/mol. The van der Waals surface area contributed by atoms with Gasteiger partial charge in [-0.1, -0.05) is 18.2 Å². The number of rotatable bonds is 5. The summed E-state index contributed by atoms with van der Waals surface area (Å²) in [5.41, 5.74) is -0.414. The van der Waals surface area contributed by atoms with Crippen LogP contribution in [0.1, 0.15) is 18.9 Å². The summed E-state index contributed by atoms with van der Waals surface area (Å²) < 4.78 is 18.6. The van der Waals surface area contributed by atoms with Crippen molar-refractivity contribution in [1.82, 2.24) is 0 Å². The lowest BCUT2D eigenvalue weighted by molar-refractivity contribution is 0.0519. The molecule has 106 valence electrons. The summed E-state index contributed by atoms with van der Waals surface area (Å²) in [6.07, 6.45) is 0.415. The van der Waals surface area contributed by atoms with Gasteiger partial charge in [0.05, 0.1) is 5.60 Å². The lowest BCUT2D eigenvalue weighted by Gasteiger charge is -2.25. The minimum atomic E-state index is -1.07. The van der Waals surface area contributed by atoms with Gasteiger partial charge < -0.3 is 9.84 Å². The highest BCUT2D eigenvalue weighted by Crippen LogP contribution is 2.35. The second kappa shape index (κ2) is 6.25. The van der Waals surface area contributed by atoms with E-state index in [9.17, 15) is 9.50 Å². The number of aliphatic hydroxyl groups is 1. The van der Waals surface area contributed by atoms with Gasteiger partial charge in [0.25, 0.3) is 0 Å². The highest BCUT2D eigenvalue weighted by Gasteiger charge is 2.26. The Labute approximate surface area is 122 Å². The van der Waals surface area contributed by atoms with Crippen LogP contribution in [0.5, 0.6) is 11.5 Å². The van der Waals surface area contributed by atoms with Crippen LogP contribution >= 0.6 is 11.6 Å². The largest absolute Gasteiger partial charge is 0.457 e. The van der Waals surface area contributed by atoms with Gasteiger partial charge in [0, 0.05) is 11.4 Å². The molecule has 0 aliphatic carbocycles. The highest BCUT2D eigenvalue weighted by molar-refractivity contribution is 6.17. The van der Waals surface area contributed by atoms with Crippen molar-refractivity contribution in [2.45, 2.75) is 18.9 Å². The van der Waals surface area contributed by atoms with Crippen molar-refractivity contribution in [3.05, 3.63) is 59.9 Å². The SMILES string of the molecule is CC(O)(CCCl)c1ccccc1Oc1ccc(F)cc1. The Bertz CT molecular complexity index is 567. The van der Waals surface area contributed by atoms with Crippen molar-refractivity contribution >= 4 is 11.6 Å². The van der Waals surface area contributed by atoms with Crippen molar-refractivity contribution in [2.24, 2.45) is 0 Å². The quantitative estimate of drug-likeness (QED) is 0.825. The van der Waals surface area contributed by atoms with E-state index in [4.69, 9.17) is 16.3 Å². The third-order valence-corrected chi connectivity index (χ3v) is 3.28. The van der Waals surface area contributed by atoms with Crippen LogP contribution in [-0.2, 0) is 5.60 Å². The van der Waals surface area contributed by atoms with Gasteiger partial charge in [-0.25, -0.2) is 4.39 Å². The molecule has 20 heavy (non-hydrogen) atoms. The molecule has 0 aromatic heterocycles. The molecule has 0 amide bonds. The standard InChI is InChI=1S/C16H16ClFO2/c1-16(19,10-11-17)14-4-2-3-5-15(14)20-13-8-6-12(18)7-9-13/h2-9,19H,10-11H2,1H3. The second-order valence-electron chi connectivity index (χ2n) is 4.76. The number of hydrogen-bond donors (Lipinski definition) is 1. The molecule has 0 aliphatic heterocycles. The number of hydrogen-bond acceptors (Lipinski definition) is 2. The van der Waals surface area contributed by atoms with Crippen molar-refractivity contribution < 1.29 is 14.2 Å². The molecule has 2 aromatic rings. The van der Waals surface area contributed by atoms with Crippen LogP contribution in [0.4, 0.5) is 4.39 Å². The van der Waals surface area contributed by atoms with Crippen LogP contribution in [0.25, 0.3) is 0 Å². The van der Waals surface area contributed by atoms with Crippen molar-refractivity contribution in [3.63, 3.8) is 0 Å². The molecular formula is C16H16ClFO2. The number of alkyl halides is 1. The summed E-state index contributed by atoms with van der Waals surface area (Å²) in [7, 11) is 0. The zero-order chi connectivity index (χ0) is 14.6. The van der Waals surface area contributed by atoms with Gasteiger partial charge in [0.15, 0.2) is 0 Å². The Morgan fingerprint density at radius 2 is 1.80 bits per heavy atom. The monoisotopic (exact) mass is 294 g/mol. The molecule has 0 heterocycles. The predicted octanol–water partition coefficient (Wildman–Crippen LogP) is 4.45. The van der Waals surface area contributed by atoms with E-state index in [1.54, 1.807) is 31.2 Å². The van der Waals surface area contributed by atoms with E-state index in [1.807, 2.05) is 12.1 Å². The lowest BCUT2D eigenvalue weighted by atomic mass is 9.92. The summed E-state index contributed by atoms with van der Waals surface area (Å²) in [4.78, 5) is 0. The number of halogens is 2. The summed E-state index contributed by atoms with van der Waals surface area (Å²) in [6.45, 7) is 1.70. The first-order valence-electron chi connectivity index (χ1n) is 6.34. The van der Waals surface area contributed by atoms with Gasteiger partial charge in [-0.05, 0) is 43.7 Å². The summed E-state index contributed by atoms with van der Waals surface area (Å²) in [6, 6.07) is 13.0. The molecule has 2 rings (SSSR count). The van der Waals surface area contributed by atoms with Crippen LogP contribution in [0, 0.1) is 5.82 Å². The fourth-order valence-electron chi connectivity index (χ4n) is 1.95. The smallest absolute Gasteiger partial charge is 0.133 e. The molecule has 0 saturated heterocycles. The third-order valence-electron chi connectivity index (χ3n) is 3.09. The first kappa shape index (κ1) is 14.8. The zero-order valence-electron chi connectivity index (χ0n) is 11.1. The van der Waals surface area contributed by atoms with Gasteiger partial charge in [0.1, 0.15) is 17.3 Å². The Balaban J connectivity index is 2.30. The number of benzene rings is 2. The normalized spacial score (nSPS) is 13.8. The minimum absolute atomic E-state index is 0.320. The molecule has 1 N–H and O–H groups in total. The molecule has 0 fully saturated rings. The van der Waals surface area contributed by atoms with Gasteiger partial charge in [-0.3, -0.25) is 0 Å². The van der Waals surface area contributed by atoms with E-state index in [1.165, 1.54) is 12.1 Å². The molecule has 0 saturated carbocycles. The highest BCUT2D eigenvalue weighted by atomic mass is 35.5. The van der Waals surface area contributed by atoms with E-state index < -0.39 is 5.60 Å². The molecule has 1 atom stereocenters. The summed E-state index contributed by atoms with van der Waals surface area (Å²) in [5, 5.41) is 10.5. The maximum Gasteiger partial charge on any atom is 0.133 e. The van der Waals surface area contributed by atoms with Crippen molar-refractivity contribution in [3.8, 4) is 11.5 Å². The zero-order valence-corrected chi connectivity index (χ0v) is 11.9. The van der Waals surface area contributed by atoms with Crippen molar-refractivity contribution in [2.75, 3.05) is 5.88 Å². The fraction of sp³-hybridized carbons (Fsp3) is 0.250. The number of ether oxygens (including phenoxy) is 1. The molecular weight excluding hydrogens is 279 g/mol. The average molecular weight is 295 g/mol. The maximum atomic E-state index is 12.9. The third kappa shape index (κ3) is 3.50. The molecule has 2 aromatic carbocycles. The Hall–Kier alpha value is -1.58. The van der Waals surface area contributed by atoms with Crippen LogP contribution in [0.2, 0.25) is 0 Å². The summed E-state index contributed by atoms with van der Waals surface area (Å²) >= 11 is 5.72. The van der Waals surface area contributed by atoms with Crippen LogP contribution < -0.4 is 4.74 Å². The van der Waals surface area contributed by atoms with Gasteiger partial charge in [-0.15, -0.1) is 11.6 Å². The fourth-order valence-corrected chi connectivity index (χ4v) is 2.32. The minimum Gasteiger partial charge on any atom is -0.457 e. The molecule has 2 nitrogen and oxygen atoms in total. The van der Waals surface area contributed by atoms with E-state index in [2.05, 4.69) is 0 Å². The van der Waals surface area contributed by atoms with Gasteiger partial charge >= 0.3 is 0 Å². The van der Waals surface area contributed by atoms with Crippen molar-refractivity contribution in [1.29, 1.82) is 0 Å². The van der Waals surface area contributed by atoms with Gasteiger partial charge in [0.2, 0.25) is 0 Å². The van der Waals surface area contributed by atoms with Crippen LogP contribution in [0.3, 0.4) is 0 Å². The van der Waals surface area contributed by atoms with Crippen LogP contribution in [0.15, 0.2) is 48.5 Å². The Morgan fingerprint density at radius 1 is 1.15 bits per heavy atom. The lowest BCUT2D eigenvalue weighted by Crippen LogP contribution is -2.22. The first-order chi connectivity index (χ1) is 9.53. The van der Waals surface area contributed by atoms with E-state index in [0.717, 1.165) is 0 Å². The molecule has 0 spiro atoms. The number of para-hydroxylation sites is 1. The Kier molecular flexibility index (Phi) is 4.63. The average Bonchev–Trinajstić information content (AvgIpc) is 2.42. The molecule has 1 unspecified atom stereocenters. The molecule has 0 radical (unpaired) electrons. The van der Waals surface area contributed by atoms with E-state index >= 15 is 0 Å². The molecule has 0 bridgehead atoms. The second-order valence-corrected chi connectivity index (χ2v) is 5.14. The maximum absolute atomic E-state index is 12.9. The van der Waals surface area contributed by atoms with E-state index in [0.29, 0.717) is 29.4 Å². The molecule has 4 heteroatoms.